The molecule has 11 heteroatoms. The van der Waals surface area contributed by atoms with E-state index in [4.69, 9.17) is 31.7 Å². The Labute approximate surface area is 315 Å². The van der Waals surface area contributed by atoms with Crippen LogP contribution in [0.2, 0.25) is 0 Å². The molecule has 53 heavy (non-hydrogen) atoms. The van der Waals surface area contributed by atoms with Crippen LogP contribution in [0.3, 0.4) is 0 Å². The van der Waals surface area contributed by atoms with Crippen LogP contribution in [0.4, 0.5) is 0 Å². The molecule has 0 fully saturated rings. The molecule has 8 nitrogen and oxygen atoms in total. The van der Waals surface area contributed by atoms with Gasteiger partial charge in [-0.1, -0.05) is 0 Å². The normalized spacial score (nSPS) is 11.5. The average molecular weight is 767 g/mol. The summed E-state index contributed by atoms with van der Waals surface area (Å²) in [6.07, 6.45) is 0. The zero-order chi connectivity index (χ0) is 37.2. The Kier molecular flexibility index (Phi) is 12.7. The van der Waals surface area contributed by atoms with Crippen LogP contribution >= 0.6 is 24.7 Å². The summed E-state index contributed by atoms with van der Waals surface area (Å²) >= 11 is 0. The first-order valence-electron chi connectivity index (χ1n) is 17.3. The van der Waals surface area contributed by atoms with E-state index in [0.717, 1.165) is 33.4 Å². The van der Waals surface area contributed by atoms with Crippen LogP contribution in [-0.4, -0.2) is 0 Å². The Morgan fingerprint density at radius 3 is 1.02 bits per heavy atom. The van der Waals surface area contributed by atoms with Crippen LogP contribution in [0.15, 0.2) is 150 Å². The molecule has 274 valence electrons. The molecule has 6 rings (SSSR count). The van der Waals surface area contributed by atoms with Crippen LogP contribution in [0.25, 0.3) is 0 Å². The number of benzene rings is 6. The van der Waals surface area contributed by atoms with Crippen molar-refractivity contribution in [3.63, 3.8) is 0 Å². The topological polar surface area (TPSA) is 79.8 Å². The first-order valence-corrected chi connectivity index (χ1v) is 21.5. The Morgan fingerprint density at radius 1 is 0.415 bits per heavy atom. The summed E-state index contributed by atoms with van der Waals surface area (Å²) in [4.78, 5) is 3.62. The molecule has 1 N–H and O–H groups in total. The van der Waals surface area contributed by atoms with Gasteiger partial charge < -0.3 is 0 Å². The molecule has 0 unspecified atom stereocenters. The van der Waals surface area contributed by atoms with Gasteiger partial charge in [-0.25, -0.2) is 0 Å². The van der Waals surface area contributed by atoms with Gasteiger partial charge in [0.25, 0.3) is 0 Å². The second-order valence-electron chi connectivity index (χ2n) is 12.5. The van der Waals surface area contributed by atoms with Crippen molar-refractivity contribution >= 4 is 24.7 Å². The molecule has 0 spiro atoms. The monoisotopic (exact) mass is 766 g/mol. The summed E-state index contributed by atoms with van der Waals surface area (Å²) in [5, 5.41) is 0. The number of rotatable bonds is 15. The summed E-state index contributed by atoms with van der Waals surface area (Å²) in [5.41, 5.74) is 5.54. The Bertz CT molecular complexity index is 2050. The maximum atomic E-state index is 7.09. The van der Waals surface area contributed by atoms with Gasteiger partial charge in [-0.15, -0.1) is 0 Å². The molecule has 0 heterocycles. The average Bonchev–Trinajstić information content (AvgIpc) is 3.14. The first-order chi connectivity index (χ1) is 25.7. The molecule has 0 saturated heterocycles. The fraction of sp³-hybridized carbons (Fsp3) is 0.143. The summed E-state index contributed by atoms with van der Waals surface area (Å²) in [6, 6.07) is 46.7. The summed E-state index contributed by atoms with van der Waals surface area (Å²) in [7, 11) is -8.88. The summed E-state index contributed by atoms with van der Waals surface area (Å²) in [6.45, 7) is 11.9. The molecule has 0 aliphatic carbocycles. The van der Waals surface area contributed by atoms with Gasteiger partial charge in [0.15, 0.2) is 0 Å². The van der Waals surface area contributed by atoms with Crippen molar-refractivity contribution in [3.05, 3.63) is 179 Å². The maximum absolute atomic E-state index is 7.09. The standard InChI is InChI=1S/C42H45N2O6P3/c1-31-19-7-13-25-37(31)45-51(46-38-26-14-8-20-32(38)2)43-53(49-41-29-17-11-23-35(41)5,50-42-30-18-12-24-36(42)6)44-52(47-39-27-15-9-21-33(39)3)48-40-28-16-10-22-34(40)4/h7-30,43,52-53H,1-6H3. The van der Waals surface area contributed by atoms with Gasteiger partial charge in [0.05, 0.1) is 0 Å². The van der Waals surface area contributed by atoms with E-state index in [2.05, 4.69) is 4.86 Å². The van der Waals surface area contributed by atoms with E-state index in [1.165, 1.54) is 0 Å². The van der Waals surface area contributed by atoms with Crippen LogP contribution in [-0.2, 0) is 0 Å². The van der Waals surface area contributed by atoms with E-state index in [1.807, 2.05) is 187 Å². The van der Waals surface area contributed by atoms with Gasteiger partial charge in [-0.2, -0.15) is 0 Å². The number of nitrogens with zero attached hydrogens (tertiary/aromatic N) is 1. The third-order valence-corrected chi connectivity index (χ3v) is 14.6. The molecular formula is C42H45N2O6P3. The van der Waals surface area contributed by atoms with Crippen molar-refractivity contribution in [2.24, 2.45) is 4.52 Å². The van der Waals surface area contributed by atoms with Crippen molar-refractivity contribution in [3.8, 4) is 34.5 Å². The molecule has 0 bridgehead atoms. The second kappa shape index (κ2) is 17.8. The fourth-order valence-corrected chi connectivity index (χ4v) is 11.9. The van der Waals surface area contributed by atoms with E-state index in [-0.39, 0.29) is 0 Å². The van der Waals surface area contributed by atoms with Gasteiger partial charge in [-0.3, -0.25) is 0 Å². The number of para-hydroxylation sites is 6. The minimum atomic E-state index is -4.20. The van der Waals surface area contributed by atoms with E-state index in [1.54, 1.807) is 0 Å². The number of aryl methyl sites for hydroxylation is 6. The number of nitrogens with one attached hydrogen (secondary N) is 1. The molecule has 0 radical (unpaired) electrons. The second-order valence-corrected chi connectivity index (χ2v) is 17.7. The molecule has 0 aromatic heterocycles. The Balaban J connectivity index is 1.57. The van der Waals surface area contributed by atoms with Gasteiger partial charge in [0, 0.05) is 0 Å². The quantitative estimate of drug-likeness (QED) is 0.104. The minimum absolute atomic E-state index is 0.582. The molecule has 0 aliphatic heterocycles. The molecule has 0 amide bonds. The van der Waals surface area contributed by atoms with Gasteiger partial charge >= 0.3 is 316 Å². The third-order valence-electron chi connectivity index (χ3n) is 8.29. The van der Waals surface area contributed by atoms with E-state index < -0.39 is 24.7 Å². The van der Waals surface area contributed by atoms with Crippen LogP contribution in [0.5, 0.6) is 34.5 Å². The van der Waals surface area contributed by atoms with E-state index in [9.17, 15) is 0 Å². The molecule has 0 aliphatic rings. The fourth-order valence-electron chi connectivity index (χ4n) is 5.17. The van der Waals surface area contributed by atoms with E-state index in [0.29, 0.717) is 34.5 Å². The van der Waals surface area contributed by atoms with Crippen molar-refractivity contribution in [2.45, 2.75) is 41.5 Å². The zero-order valence-electron chi connectivity index (χ0n) is 30.7. The number of hydrogen-bond donors (Lipinski definition) is 1. The predicted octanol–water partition coefficient (Wildman–Crippen LogP) is 12.8. The first kappa shape index (κ1) is 37.9. The molecule has 0 saturated carbocycles. The summed E-state index contributed by atoms with van der Waals surface area (Å²) < 4.78 is 46.5. The van der Waals surface area contributed by atoms with Crippen LogP contribution in [0.1, 0.15) is 33.4 Å². The third kappa shape index (κ3) is 10.2. The molecule has 0 atom stereocenters. The molecular weight excluding hydrogens is 721 g/mol. The molecule has 6 aromatic carbocycles. The van der Waals surface area contributed by atoms with Gasteiger partial charge in [0.2, 0.25) is 0 Å². The van der Waals surface area contributed by atoms with Crippen molar-refractivity contribution in [2.75, 3.05) is 0 Å². The Morgan fingerprint density at radius 2 is 0.698 bits per heavy atom. The van der Waals surface area contributed by atoms with Crippen LogP contribution in [0, 0.1) is 41.5 Å². The van der Waals surface area contributed by atoms with Crippen molar-refractivity contribution < 1.29 is 27.1 Å². The van der Waals surface area contributed by atoms with Crippen molar-refractivity contribution in [1.29, 1.82) is 0 Å². The zero-order valence-corrected chi connectivity index (χ0v) is 33.6. The summed E-state index contributed by atoms with van der Waals surface area (Å²) in [5.74, 6) is 3.74. The van der Waals surface area contributed by atoms with Crippen molar-refractivity contribution in [1.82, 2.24) is 4.86 Å². The SMILES string of the molecule is Cc1ccccc1OP(N[PH](N=[PH](Oc1ccccc1C)Oc1ccccc1C)(Oc1ccccc1C)Oc1ccccc1C)Oc1ccccc1C. The van der Waals surface area contributed by atoms with Crippen LogP contribution < -0.4 is 32.0 Å². The van der Waals surface area contributed by atoms with E-state index >= 15 is 0 Å². The van der Waals surface area contributed by atoms with Gasteiger partial charge in [0.1, 0.15) is 0 Å². The Hall–Kier alpha value is -4.83. The predicted molar refractivity (Wildman–Crippen MR) is 220 cm³/mol. The van der Waals surface area contributed by atoms with Gasteiger partial charge in [-0.05, 0) is 0 Å². The molecule has 6 aromatic rings. The number of hydrogen-bond acceptors (Lipinski definition) is 8.